The van der Waals surface area contributed by atoms with Gasteiger partial charge in [0.1, 0.15) is 11.6 Å². The van der Waals surface area contributed by atoms with Gasteiger partial charge in [-0.25, -0.2) is 8.78 Å². The third-order valence-corrected chi connectivity index (χ3v) is 3.97. The predicted octanol–water partition coefficient (Wildman–Crippen LogP) is 4.33. The van der Waals surface area contributed by atoms with Gasteiger partial charge in [0.2, 0.25) is 0 Å². The van der Waals surface area contributed by atoms with Crippen molar-refractivity contribution in [2.75, 3.05) is 0 Å². The van der Waals surface area contributed by atoms with Crippen LogP contribution in [-0.2, 0) is 0 Å². The van der Waals surface area contributed by atoms with Crippen LogP contribution in [-0.4, -0.2) is 0 Å². The third-order valence-electron chi connectivity index (χ3n) is 3.97. The molecule has 1 aliphatic carbocycles. The van der Waals surface area contributed by atoms with E-state index in [-0.39, 0.29) is 17.8 Å². The Bertz CT molecular complexity index is 384. The molecule has 0 radical (unpaired) electrons. The van der Waals surface area contributed by atoms with Gasteiger partial charge in [-0.2, -0.15) is 0 Å². The topological polar surface area (TPSA) is 26.0 Å². The number of rotatable bonds is 2. The lowest BCUT2D eigenvalue weighted by atomic mass is 9.83. The first-order valence-electron chi connectivity index (χ1n) is 6.89. The fraction of sp³-hybridized carbons (Fsp3) is 0.600. The van der Waals surface area contributed by atoms with Crippen LogP contribution < -0.4 is 5.73 Å². The lowest BCUT2D eigenvalue weighted by Gasteiger charge is -2.26. The molecule has 1 fully saturated rings. The molecule has 2 rings (SSSR count). The SMILES string of the molecule is NC(c1cc(F)ccc1F)C1CCCCCCC1. The summed E-state index contributed by atoms with van der Waals surface area (Å²) in [5, 5.41) is 0. The summed E-state index contributed by atoms with van der Waals surface area (Å²) in [5.41, 5.74) is 6.49. The van der Waals surface area contributed by atoms with Crippen molar-refractivity contribution in [3.63, 3.8) is 0 Å². The highest BCUT2D eigenvalue weighted by molar-refractivity contribution is 5.22. The number of hydrogen-bond acceptors (Lipinski definition) is 1. The van der Waals surface area contributed by atoms with Crippen LogP contribution in [0.5, 0.6) is 0 Å². The summed E-state index contributed by atoms with van der Waals surface area (Å²) >= 11 is 0. The molecule has 1 unspecified atom stereocenters. The first-order valence-corrected chi connectivity index (χ1v) is 6.89. The molecule has 1 atom stereocenters. The lowest BCUT2D eigenvalue weighted by Crippen LogP contribution is -2.23. The number of nitrogens with two attached hydrogens (primary N) is 1. The standard InChI is InChI=1S/C15H21F2N/c16-12-8-9-14(17)13(10-12)15(18)11-6-4-2-1-3-5-7-11/h8-11,15H,1-7,18H2. The molecule has 1 aliphatic rings. The molecule has 18 heavy (non-hydrogen) atoms. The van der Waals surface area contributed by atoms with Gasteiger partial charge in [0.05, 0.1) is 0 Å². The van der Waals surface area contributed by atoms with Gasteiger partial charge in [0.25, 0.3) is 0 Å². The van der Waals surface area contributed by atoms with E-state index in [0.717, 1.165) is 31.7 Å². The van der Waals surface area contributed by atoms with Crippen LogP contribution in [0.3, 0.4) is 0 Å². The van der Waals surface area contributed by atoms with E-state index in [1.54, 1.807) is 0 Å². The minimum absolute atomic E-state index is 0.279. The highest BCUT2D eigenvalue weighted by Crippen LogP contribution is 2.32. The van der Waals surface area contributed by atoms with E-state index >= 15 is 0 Å². The second-order valence-corrected chi connectivity index (χ2v) is 5.30. The van der Waals surface area contributed by atoms with E-state index in [0.29, 0.717) is 5.56 Å². The fourth-order valence-electron chi connectivity index (χ4n) is 2.87. The van der Waals surface area contributed by atoms with Crippen molar-refractivity contribution >= 4 is 0 Å². The molecule has 0 heterocycles. The Hall–Kier alpha value is -0.960. The summed E-state index contributed by atoms with van der Waals surface area (Å²) < 4.78 is 26.9. The second-order valence-electron chi connectivity index (χ2n) is 5.30. The van der Waals surface area contributed by atoms with E-state index in [9.17, 15) is 8.78 Å². The molecule has 1 nitrogen and oxygen atoms in total. The molecule has 1 aromatic rings. The third kappa shape index (κ3) is 3.29. The maximum atomic E-state index is 13.7. The van der Waals surface area contributed by atoms with Crippen molar-refractivity contribution in [3.8, 4) is 0 Å². The van der Waals surface area contributed by atoms with E-state index in [1.807, 2.05) is 0 Å². The van der Waals surface area contributed by atoms with E-state index < -0.39 is 5.82 Å². The number of halogens is 2. The summed E-state index contributed by atoms with van der Waals surface area (Å²) in [5.74, 6) is -0.514. The zero-order valence-electron chi connectivity index (χ0n) is 10.7. The van der Waals surface area contributed by atoms with Crippen molar-refractivity contribution in [2.24, 2.45) is 11.7 Å². The molecular formula is C15H21F2N. The molecule has 2 N–H and O–H groups in total. The Morgan fingerprint density at radius 1 is 1.00 bits per heavy atom. The van der Waals surface area contributed by atoms with Gasteiger partial charge >= 0.3 is 0 Å². The average molecular weight is 253 g/mol. The molecule has 0 spiro atoms. The maximum Gasteiger partial charge on any atom is 0.128 e. The zero-order chi connectivity index (χ0) is 13.0. The summed E-state index contributed by atoms with van der Waals surface area (Å²) in [4.78, 5) is 0. The van der Waals surface area contributed by atoms with Crippen molar-refractivity contribution in [1.29, 1.82) is 0 Å². The Kier molecular flexibility index (Phi) is 4.70. The summed E-state index contributed by atoms with van der Waals surface area (Å²) in [6.45, 7) is 0. The molecular weight excluding hydrogens is 232 g/mol. The minimum atomic E-state index is -0.410. The van der Waals surface area contributed by atoms with Gasteiger partial charge < -0.3 is 5.73 Å². The molecule has 0 aromatic heterocycles. The number of benzene rings is 1. The Morgan fingerprint density at radius 2 is 1.61 bits per heavy atom. The molecule has 1 saturated carbocycles. The largest absolute Gasteiger partial charge is 0.324 e. The van der Waals surface area contributed by atoms with Crippen LogP contribution in [0, 0.1) is 17.6 Å². The van der Waals surface area contributed by atoms with Crippen LogP contribution in [0.1, 0.15) is 56.6 Å². The van der Waals surface area contributed by atoms with Crippen LogP contribution in [0.25, 0.3) is 0 Å². The van der Waals surface area contributed by atoms with Crippen molar-refractivity contribution in [3.05, 3.63) is 35.4 Å². The van der Waals surface area contributed by atoms with Gasteiger partial charge in [-0.1, -0.05) is 32.1 Å². The number of hydrogen-bond donors (Lipinski definition) is 1. The highest BCUT2D eigenvalue weighted by Gasteiger charge is 2.23. The first-order chi connectivity index (χ1) is 8.68. The second kappa shape index (κ2) is 6.28. The first kappa shape index (κ1) is 13.5. The van der Waals surface area contributed by atoms with Crippen LogP contribution in [0.15, 0.2) is 18.2 Å². The predicted molar refractivity (Wildman–Crippen MR) is 69.1 cm³/mol. The highest BCUT2D eigenvalue weighted by atomic mass is 19.1. The van der Waals surface area contributed by atoms with Crippen LogP contribution in [0.4, 0.5) is 8.78 Å². The van der Waals surface area contributed by atoms with Gasteiger partial charge in [0, 0.05) is 11.6 Å². The fourth-order valence-corrected chi connectivity index (χ4v) is 2.87. The van der Waals surface area contributed by atoms with Crippen LogP contribution >= 0.6 is 0 Å². The average Bonchev–Trinajstić information content (AvgIpc) is 2.31. The minimum Gasteiger partial charge on any atom is -0.324 e. The summed E-state index contributed by atoms with van der Waals surface area (Å²) in [6, 6.07) is 3.19. The molecule has 0 amide bonds. The van der Waals surface area contributed by atoms with Gasteiger partial charge in [0.15, 0.2) is 0 Å². The maximum absolute atomic E-state index is 13.7. The lowest BCUT2D eigenvalue weighted by molar-refractivity contribution is 0.322. The van der Waals surface area contributed by atoms with E-state index in [4.69, 9.17) is 5.73 Å². The quantitative estimate of drug-likeness (QED) is 0.834. The molecule has 100 valence electrons. The zero-order valence-corrected chi connectivity index (χ0v) is 10.7. The Morgan fingerprint density at radius 3 is 2.28 bits per heavy atom. The van der Waals surface area contributed by atoms with Crippen LogP contribution in [0.2, 0.25) is 0 Å². The summed E-state index contributed by atoms with van der Waals surface area (Å²) in [6.07, 6.45) is 8.10. The van der Waals surface area contributed by atoms with E-state index in [1.165, 1.54) is 31.4 Å². The normalized spacial score (nSPS) is 20.2. The molecule has 0 saturated heterocycles. The van der Waals surface area contributed by atoms with Crippen molar-refractivity contribution in [1.82, 2.24) is 0 Å². The molecule has 1 aromatic carbocycles. The molecule has 3 heteroatoms. The molecule has 0 bridgehead atoms. The Labute approximate surface area is 107 Å². The Balaban J connectivity index is 2.12. The van der Waals surface area contributed by atoms with E-state index in [2.05, 4.69) is 0 Å². The van der Waals surface area contributed by atoms with Gasteiger partial charge in [-0.15, -0.1) is 0 Å². The monoisotopic (exact) mass is 253 g/mol. The summed E-state index contributed by atoms with van der Waals surface area (Å²) in [7, 11) is 0. The van der Waals surface area contributed by atoms with Gasteiger partial charge in [-0.3, -0.25) is 0 Å². The smallest absolute Gasteiger partial charge is 0.128 e. The van der Waals surface area contributed by atoms with Crippen molar-refractivity contribution in [2.45, 2.75) is 51.0 Å². The van der Waals surface area contributed by atoms with Crippen molar-refractivity contribution < 1.29 is 8.78 Å². The van der Waals surface area contributed by atoms with Gasteiger partial charge in [-0.05, 0) is 37.0 Å². The molecule has 0 aliphatic heterocycles.